The Balaban J connectivity index is 2.27. The third-order valence-electron chi connectivity index (χ3n) is 6.29. The van der Waals surface area contributed by atoms with Crippen LogP contribution in [0.25, 0.3) is 0 Å². The van der Waals surface area contributed by atoms with E-state index in [4.69, 9.17) is 5.73 Å². The Morgan fingerprint density at radius 3 is 1.89 bits per heavy atom. The molecule has 2 aliphatic carbocycles. The quantitative estimate of drug-likeness (QED) is 0.801. The number of aliphatic hydroxyl groups is 1. The lowest BCUT2D eigenvalue weighted by Crippen LogP contribution is -2.56. The van der Waals surface area contributed by atoms with Crippen molar-refractivity contribution in [3.05, 3.63) is 0 Å². The van der Waals surface area contributed by atoms with E-state index in [1.807, 2.05) is 0 Å². The summed E-state index contributed by atoms with van der Waals surface area (Å²) in [5.74, 6) is 0.368. The maximum absolute atomic E-state index is 11.5. The average molecular weight is 267 g/mol. The van der Waals surface area contributed by atoms with Gasteiger partial charge in [0.2, 0.25) is 0 Å². The smallest absolute Gasteiger partial charge is 0.0746 e. The molecule has 0 radical (unpaired) electrons. The molecule has 0 bridgehead atoms. The summed E-state index contributed by atoms with van der Waals surface area (Å²) in [5, 5.41) is 11.5. The zero-order chi connectivity index (χ0) is 14.5. The third-order valence-corrected chi connectivity index (χ3v) is 6.29. The summed E-state index contributed by atoms with van der Waals surface area (Å²) in [4.78, 5) is 0. The van der Waals surface area contributed by atoms with Crippen LogP contribution in [0.2, 0.25) is 0 Å². The van der Waals surface area contributed by atoms with Crippen molar-refractivity contribution in [1.82, 2.24) is 0 Å². The molecule has 0 saturated heterocycles. The normalized spacial score (nSPS) is 40.3. The van der Waals surface area contributed by atoms with Gasteiger partial charge in [-0.3, -0.25) is 0 Å². The summed E-state index contributed by atoms with van der Waals surface area (Å²) in [7, 11) is 0. The molecule has 112 valence electrons. The molecule has 2 saturated carbocycles. The van der Waals surface area contributed by atoms with Crippen LogP contribution in [0, 0.1) is 22.2 Å². The second kappa shape index (κ2) is 4.46. The van der Waals surface area contributed by atoms with E-state index >= 15 is 0 Å². The Morgan fingerprint density at radius 1 is 1.00 bits per heavy atom. The first-order valence-electron chi connectivity index (χ1n) is 7.98. The predicted octanol–water partition coefficient (Wildman–Crippen LogP) is 3.72. The van der Waals surface area contributed by atoms with Gasteiger partial charge in [-0.2, -0.15) is 0 Å². The molecule has 0 aromatic heterocycles. The van der Waals surface area contributed by atoms with Gasteiger partial charge in [0, 0.05) is 12.0 Å². The van der Waals surface area contributed by atoms with E-state index in [0.717, 1.165) is 25.7 Å². The molecule has 3 N–H and O–H groups in total. The zero-order valence-corrected chi connectivity index (χ0v) is 13.6. The van der Waals surface area contributed by atoms with Gasteiger partial charge in [-0.25, -0.2) is 0 Å². The van der Waals surface area contributed by atoms with Crippen LogP contribution in [0.15, 0.2) is 0 Å². The maximum atomic E-state index is 11.5. The van der Waals surface area contributed by atoms with E-state index < -0.39 is 5.60 Å². The van der Waals surface area contributed by atoms with E-state index in [1.54, 1.807) is 0 Å². The van der Waals surface area contributed by atoms with Crippen LogP contribution in [0.1, 0.15) is 73.1 Å². The van der Waals surface area contributed by atoms with Gasteiger partial charge < -0.3 is 10.8 Å². The molecule has 2 rings (SSSR count). The minimum absolute atomic E-state index is 0.0459. The molecule has 2 nitrogen and oxygen atoms in total. The highest BCUT2D eigenvalue weighted by Gasteiger charge is 2.59. The highest BCUT2D eigenvalue weighted by Crippen LogP contribution is 2.60. The standard InChI is InChI=1S/C17H33NO/c1-13-10-15(4,5)11-17(13,19)16(12-18)8-6-14(2,3)7-9-16/h13,19H,6-12,18H2,1-5H3. The average Bonchev–Trinajstić information content (AvgIpc) is 2.49. The largest absolute Gasteiger partial charge is 0.389 e. The van der Waals surface area contributed by atoms with Crippen molar-refractivity contribution in [2.45, 2.75) is 78.7 Å². The number of hydrogen-bond donors (Lipinski definition) is 2. The van der Waals surface area contributed by atoms with E-state index in [-0.39, 0.29) is 10.8 Å². The highest BCUT2D eigenvalue weighted by atomic mass is 16.3. The van der Waals surface area contributed by atoms with Crippen molar-refractivity contribution in [2.24, 2.45) is 27.9 Å². The van der Waals surface area contributed by atoms with Gasteiger partial charge in [-0.15, -0.1) is 0 Å². The second-order valence-corrected chi connectivity index (χ2v) is 9.02. The lowest BCUT2D eigenvalue weighted by molar-refractivity contribution is -0.134. The van der Waals surface area contributed by atoms with Crippen molar-refractivity contribution in [3.8, 4) is 0 Å². The monoisotopic (exact) mass is 267 g/mol. The zero-order valence-electron chi connectivity index (χ0n) is 13.6. The maximum Gasteiger partial charge on any atom is 0.0746 e. The van der Waals surface area contributed by atoms with Crippen LogP contribution in [0.5, 0.6) is 0 Å². The van der Waals surface area contributed by atoms with E-state index in [0.29, 0.717) is 17.9 Å². The molecule has 2 aliphatic rings. The highest BCUT2D eigenvalue weighted by molar-refractivity contribution is 5.11. The summed E-state index contributed by atoms with van der Waals surface area (Å²) >= 11 is 0. The van der Waals surface area contributed by atoms with Crippen LogP contribution < -0.4 is 5.73 Å². The fourth-order valence-corrected chi connectivity index (χ4v) is 4.90. The van der Waals surface area contributed by atoms with Crippen molar-refractivity contribution >= 4 is 0 Å². The van der Waals surface area contributed by atoms with Crippen LogP contribution in [0.4, 0.5) is 0 Å². The Labute approximate surface area is 119 Å². The summed E-state index contributed by atoms with van der Waals surface area (Å²) in [6, 6.07) is 0. The van der Waals surface area contributed by atoms with Gasteiger partial charge in [0.1, 0.15) is 0 Å². The molecule has 19 heavy (non-hydrogen) atoms. The molecule has 2 unspecified atom stereocenters. The lowest BCUT2D eigenvalue weighted by atomic mass is 9.55. The van der Waals surface area contributed by atoms with E-state index in [2.05, 4.69) is 34.6 Å². The minimum Gasteiger partial charge on any atom is -0.389 e. The van der Waals surface area contributed by atoms with Crippen LogP contribution in [0.3, 0.4) is 0 Å². The molecule has 0 spiro atoms. The number of hydrogen-bond acceptors (Lipinski definition) is 2. The number of rotatable bonds is 2. The van der Waals surface area contributed by atoms with Gasteiger partial charge in [0.25, 0.3) is 0 Å². The summed E-state index contributed by atoms with van der Waals surface area (Å²) < 4.78 is 0. The Hall–Kier alpha value is -0.0800. The summed E-state index contributed by atoms with van der Waals surface area (Å²) in [6.07, 6.45) is 6.60. The first-order chi connectivity index (χ1) is 8.56. The van der Waals surface area contributed by atoms with Gasteiger partial charge in [-0.05, 0) is 55.3 Å². The Bertz CT molecular complexity index is 337. The van der Waals surface area contributed by atoms with Crippen LogP contribution >= 0.6 is 0 Å². The van der Waals surface area contributed by atoms with Crippen molar-refractivity contribution < 1.29 is 5.11 Å². The van der Waals surface area contributed by atoms with Crippen LogP contribution in [-0.2, 0) is 0 Å². The molecule has 2 fully saturated rings. The third kappa shape index (κ3) is 2.47. The van der Waals surface area contributed by atoms with Gasteiger partial charge in [0.15, 0.2) is 0 Å². The Kier molecular flexibility index (Phi) is 3.59. The minimum atomic E-state index is -0.554. The predicted molar refractivity (Wildman–Crippen MR) is 80.9 cm³/mol. The van der Waals surface area contributed by atoms with Gasteiger partial charge in [-0.1, -0.05) is 34.6 Å². The van der Waals surface area contributed by atoms with Crippen LogP contribution in [-0.4, -0.2) is 17.3 Å². The van der Waals surface area contributed by atoms with E-state index in [9.17, 15) is 5.11 Å². The number of nitrogens with two attached hydrogens (primary N) is 1. The summed E-state index contributed by atoms with van der Waals surface area (Å²) in [6.45, 7) is 12.1. The lowest BCUT2D eigenvalue weighted by Gasteiger charge is -2.53. The first-order valence-corrected chi connectivity index (χ1v) is 7.98. The molecular formula is C17H33NO. The van der Waals surface area contributed by atoms with Crippen molar-refractivity contribution in [3.63, 3.8) is 0 Å². The van der Waals surface area contributed by atoms with Crippen molar-refractivity contribution in [1.29, 1.82) is 0 Å². The topological polar surface area (TPSA) is 46.2 Å². The van der Waals surface area contributed by atoms with Gasteiger partial charge in [0.05, 0.1) is 5.60 Å². The molecule has 2 heteroatoms. The first kappa shape index (κ1) is 15.3. The molecule has 0 amide bonds. The molecule has 2 atom stereocenters. The molecule has 0 aromatic carbocycles. The fraction of sp³-hybridized carbons (Fsp3) is 1.00. The fourth-order valence-electron chi connectivity index (χ4n) is 4.90. The second-order valence-electron chi connectivity index (χ2n) is 9.02. The van der Waals surface area contributed by atoms with E-state index in [1.165, 1.54) is 12.8 Å². The molecular weight excluding hydrogens is 234 g/mol. The molecule has 0 heterocycles. The summed E-state index contributed by atoms with van der Waals surface area (Å²) in [5.41, 5.74) is 6.26. The molecule has 0 aromatic rings. The SMILES string of the molecule is CC1CC(C)(C)CC1(O)C1(CN)CCC(C)(C)CC1. The van der Waals surface area contributed by atoms with Gasteiger partial charge >= 0.3 is 0 Å². The van der Waals surface area contributed by atoms with Crippen molar-refractivity contribution in [2.75, 3.05) is 6.54 Å². The molecule has 0 aliphatic heterocycles. The Morgan fingerprint density at radius 2 is 1.53 bits per heavy atom.